The van der Waals surface area contributed by atoms with Crippen LogP contribution in [0.4, 0.5) is 5.69 Å². The number of esters is 1. The summed E-state index contributed by atoms with van der Waals surface area (Å²) in [6, 6.07) is 14.6. The average molecular weight is 392 g/mol. The normalized spacial score (nSPS) is 21.8. The highest BCUT2D eigenvalue weighted by Gasteiger charge is 2.38. The van der Waals surface area contributed by atoms with E-state index >= 15 is 0 Å². The molecular formula is C25H29NO3. The molecule has 0 spiro atoms. The molecule has 2 aliphatic rings. The van der Waals surface area contributed by atoms with E-state index < -0.39 is 0 Å². The van der Waals surface area contributed by atoms with E-state index in [1.54, 1.807) is 0 Å². The summed E-state index contributed by atoms with van der Waals surface area (Å²) >= 11 is 0. The predicted octanol–water partition coefficient (Wildman–Crippen LogP) is 5.87. The highest BCUT2D eigenvalue weighted by molar-refractivity contribution is 5.90. The van der Waals surface area contributed by atoms with Crippen LogP contribution in [0.25, 0.3) is 0 Å². The SMILES string of the molecule is CCCCOc1ccc([C@@H]2Nc3ccc(C(=O)OCC)cc3[C@@H]3C=CC[C@@H]32)cc1. The Balaban J connectivity index is 1.57. The minimum atomic E-state index is -0.255. The lowest BCUT2D eigenvalue weighted by molar-refractivity contribution is 0.0526. The van der Waals surface area contributed by atoms with Gasteiger partial charge in [0.15, 0.2) is 0 Å². The van der Waals surface area contributed by atoms with Crippen molar-refractivity contribution in [3.8, 4) is 5.75 Å². The quantitative estimate of drug-likeness (QED) is 0.364. The predicted molar refractivity (Wildman–Crippen MR) is 116 cm³/mol. The molecule has 1 N–H and O–H groups in total. The number of hydrogen-bond donors (Lipinski definition) is 1. The van der Waals surface area contributed by atoms with Crippen molar-refractivity contribution < 1.29 is 14.3 Å². The van der Waals surface area contributed by atoms with Crippen LogP contribution < -0.4 is 10.1 Å². The van der Waals surface area contributed by atoms with Gasteiger partial charge in [-0.05, 0) is 67.1 Å². The maximum absolute atomic E-state index is 12.2. The van der Waals surface area contributed by atoms with Crippen molar-refractivity contribution in [2.45, 2.75) is 45.1 Å². The Morgan fingerprint density at radius 1 is 1.14 bits per heavy atom. The lowest BCUT2D eigenvalue weighted by Crippen LogP contribution is -2.29. The molecule has 0 unspecified atom stereocenters. The Bertz CT molecular complexity index is 887. The van der Waals surface area contributed by atoms with Crippen molar-refractivity contribution in [1.29, 1.82) is 0 Å². The fraction of sp³-hybridized carbons (Fsp3) is 0.400. The zero-order chi connectivity index (χ0) is 20.2. The number of rotatable bonds is 7. The average Bonchev–Trinajstić information content (AvgIpc) is 3.24. The van der Waals surface area contributed by atoms with Crippen LogP contribution in [-0.4, -0.2) is 19.2 Å². The molecule has 29 heavy (non-hydrogen) atoms. The number of carbonyl (C=O) groups excluding carboxylic acids is 1. The van der Waals surface area contributed by atoms with Crippen molar-refractivity contribution in [3.05, 3.63) is 71.3 Å². The number of anilines is 1. The van der Waals surface area contributed by atoms with Gasteiger partial charge in [-0.25, -0.2) is 4.79 Å². The summed E-state index contributed by atoms with van der Waals surface area (Å²) in [5.74, 6) is 1.42. The fourth-order valence-electron chi connectivity index (χ4n) is 4.37. The maximum Gasteiger partial charge on any atom is 0.338 e. The topological polar surface area (TPSA) is 47.6 Å². The van der Waals surface area contributed by atoms with Crippen molar-refractivity contribution in [3.63, 3.8) is 0 Å². The highest BCUT2D eigenvalue weighted by atomic mass is 16.5. The third kappa shape index (κ3) is 4.02. The van der Waals surface area contributed by atoms with Gasteiger partial charge < -0.3 is 14.8 Å². The molecule has 0 bridgehead atoms. The number of fused-ring (bicyclic) bond motifs is 3. The minimum Gasteiger partial charge on any atom is -0.494 e. The van der Waals surface area contributed by atoms with Gasteiger partial charge in [-0.2, -0.15) is 0 Å². The number of nitrogens with one attached hydrogen (secondary N) is 1. The third-order valence-corrected chi connectivity index (χ3v) is 5.88. The van der Waals surface area contributed by atoms with Gasteiger partial charge in [-0.1, -0.05) is 37.6 Å². The smallest absolute Gasteiger partial charge is 0.338 e. The molecule has 4 heteroatoms. The van der Waals surface area contributed by atoms with E-state index in [0.717, 1.165) is 37.3 Å². The van der Waals surface area contributed by atoms with Gasteiger partial charge >= 0.3 is 5.97 Å². The molecule has 0 fully saturated rings. The second kappa shape index (κ2) is 8.73. The number of allylic oxidation sites excluding steroid dienone is 2. The number of ether oxygens (including phenoxy) is 2. The molecule has 152 valence electrons. The summed E-state index contributed by atoms with van der Waals surface area (Å²) in [5, 5.41) is 3.72. The van der Waals surface area contributed by atoms with Crippen LogP contribution in [0.3, 0.4) is 0 Å². The van der Waals surface area contributed by atoms with Crippen molar-refractivity contribution >= 4 is 11.7 Å². The molecule has 0 radical (unpaired) electrons. The van der Waals surface area contributed by atoms with Gasteiger partial charge in [0.05, 0.1) is 24.8 Å². The molecule has 1 aliphatic carbocycles. The van der Waals surface area contributed by atoms with E-state index in [1.165, 1.54) is 11.1 Å². The molecule has 1 heterocycles. The number of hydrogen-bond acceptors (Lipinski definition) is 4. The van der Waals surface area contributed by atoms with Crippen LogP contribution in [0.15, 0.2) is 54.6 Å². The number of benzene rings is 2. The first-order chi connectivity index (χ1) is 14.2. The number of unbranched alkanes of at least 4 members (excludes halogenated alkanes) is 1. The Kier molecular flexibility index (Phi) is 5.89. The highest BCUT2D eigenvalue weighted by Crippen LogP contribution is 2.50. The summed E-state index contributed by atoms with van der Waals surface area (Å²) in [6.07, 6.45) is 7.79. The molecule has 2 aromatic rings. The summed E-state index contributed by atoms with van der Waals surface area (Å²) < 4.78 is 11.0. The Labute approximate surface area is 172 Å². The Morgan fingerprint density at radius 3 is 2.72 bits per heavy atom. The van der Waals surface area contributed by atoms with Gasteiger partial charge in [0.25, 0.3) is 0 Å². The molecule has 4 nitrogen and oxygen atoms in total. The van der Waals surface area contributed by atoms with Crippen LogP contribution in [0, 0.1) is 5.92 Å². The van der Waals surface area contributed by atoms with E-state index in [0.29, 0.717) is 24.0 Å². The summed E-state index contributed by atoms with van der Waals surface area (Å²) in [4.78, 5) is 12.2. The van der Waals surface area contributed by atoms with Gasteiger partial charge in [-0.15, -0.1) is 0 Å². The summed E-state index contributed by atoms with van der Waals surface area (Å²) in [6.45, 7) is 5.15. The van der Waals surface area contributed by atoms with E-state index in [-0.39, 0.29) is 12.0 Å². The fourth-order valence-corrected chi connectivity index (χ4v) is 4.37. The maximum atomic E-state index is 12.2. The molecule has 0 aromatic heterocycles. The van der Waals surface area contributed by atoms with Gasteiger partial charge in [0.1, 0.15) is 5.75 Å². The van der Waals surface area contributed by atoms with Gasteiger partial charge in [0, 0.05) is 11.6 Å². The third-order valence-electron chi connectivity index (χ3n) is 5.88. The Hall–Kier alpha value is -2.75. The molecule has 3 atom stereocenters. The van der Waals surface area contributed by atoms with E-state index in [9.17, 15) is 4.79 Å². The second-order valence-corrected chi connectivity index (χ2v) is 7.77. The van der Waals surface area contributed by atoms with Crippen molar-refractivity contribution in [1.82, 2.24) is 0 Å². The minimum absolute atomic E-state index is 0.237. The lowest BCUT2D eigenvalue weighted by Gasteiger charge is -2.37. The zero-order valence-electron chi connectivity index (χ0n) is 17.2. The van der Waals surface area contributed by atoms with E-state index in [1.807, 2.05) is 25.1 Å². The standard InChI is InChI=1S/C25H29NO3/c1-3-5-15-29-19-12-9-17(10-13-19)24-21-8-6-7-20(21)22-16-18(25(27)28-4-2)11-14-23(22)26-24/h6-7,9-14,16,20-21,24,26H,3-5,8,15H2,1-2H3/t20-,21+,24+/m1/s1. The molecule has 0 saturated carbocycles. The molecule has 0 amide bonds. The second-order valence-electron chi connectivity index (χ2n) is 7.77. The van der Waals surface area contributed by atoms with Crippen LogP contribution >= 0.6 is 0 Å². The van der Waals surface area contributed by atoms with Crippen molar-refractivity contribution in [2.75, 3.05) is 18.5 Å². The van der Waals surface area contributed by atoms with Gasteiger partial charge in [0.2, 0.25) is 0 Å². The van der Waals surface area contributed by atoms with E-state index in [4.69, 9.17) is 9.47 Å². The first kappa shape index (κ1) is 19.6. The zero-order valence-corrected chi connectivity index (χ0v) is 17.2. The monoisotopic (exact) mass is 391 g/mol. The molecule has 0 saturated heterocycles. The molecular weight excluding hydrogens is 362 g/mol. The summed E-state index contributed by atoms with van der Waals surface area (Å²) in [5.41, 5.74) is 4.18. The Morgan fingerprint density at radius 2 is 1.97 bits per heavy atom. The van der Waals surface area contributed by atoms with Crippen LogP contribution in [0.2, 0.25) is 0 Å². The van der Waals surface area contributed by atoms with Crippen LogP contribution in [0.5, 0.6) is 5.75 Å². The number of carbonyl (C=O) groups is 1. The van der Waals surface area contributed by atoms with Crippen molar-refractivity contribution in [2.24, 2.45) is 5.92 Å². The first-order valence-corrected chi connectivity index (χ1v) is 10.7. The van der Waals surface area contributed by atoms with Crippen LogP contribution in [-0.2, 0) is 4.74 Å². The van der Waals surface area contributed by atoms with Gasteiger partial charge in [-0.3, -0.25) is 0 Å². The van der Waals surface area contributed by atoms with E-state index in [2.05, 4.69) is 48.7 Å². The largest absolute Gasteiger partial charge is 0.494 e. The lowest BCUT2D eigenvalue weighted by atomic mass is 9.76. The molecule has 4 rings (SSSR count). The summed E-state index contributed by atoms with van der Waals surface area (Å²) in [7, 11) is 0. The van der Waals surface area contributed by atoms with Crippen LogP contribution in [0.1, 0.15) is 66.6 Å². The molecule has 1 aliphatic heterocycles. The molecule has 2 aromatic carbocycles. The first-order valence-electron chi connectivity index (χ1n) is 10.7.